The van der Waals surface area contributed by atoms with Gasteiger partial charge in [-0.15, -0.1) is 47.0 Å². The van der Waals surface area contributed by atoms with Gasteiger partial charge in [0.15, 0.2) is 0 Å². The van der Waals surface area contributed by atoms with Gasteiger partial charge in [0.1, 0.15) is 3.41 Å². The van der Waals surface area contributed by atoms with Gasteiger partial charge in [-0.05, 0) is 68.3 Å². The Morgan fingerprint density at radius 1 is 0.889 bits per heavy atom. The summed E-state index contributed by atoms with van der Waals surface area (Å²) in [5.74, 6) is 5.67. The molecule has 18 heavy (non-hydrogen) atoms. The number of hydrogen-bond donors (Lipinski definition) is 0. The second-order valence-electron chi connectivity index (χ2n) is 6.51. The van der Waals surface area contributed by atoms with Gasteiger partial charge in [0.05, 0.1) is 4.08 Å². The van der Waals surface area contributed by atoms with Gasteiger partial charge in [0.25, 0.3) is 0 Å². The van der Waals surface area contributed by atoms with Crippen molar-refractivity contribution in [2.75, 3.05) is 18.3 Å². The van der Waals surface area contributed by atoms with Gasteiger partial charge in [-0.1, -0.05) is 0 Å². The summed E-state index contributed by atoms with van der Waals surface area (Å²) in [7, 11) is 0. The SMILES string of the molecule is CSC1(SC)CSC2(S1)C1CC3CC(C1)CC2C3. The molecule has 102 valence electrons. The van der Waals surface area contributed by atoms with Crippen molar-refractivity contribution in [2.24, 2.45) is 23.7 Å². The van der Waals surface area contributed by atoms with Crippen molar-refractivity contribution in [1.82, 2.24) is 0 Å². The van der Waals surface area contributed by atoms with Crippen LogP contribution in [0.5, 0.6) is 0 Å². The van der Waals surface area contributed by atoms with Crippen LogP contribution in [0.25, 0.3) is 0 Å². The molecule has 5 aliphatic rings. The average molecular weight is 319 g/mol. The van der Waals surface area contributed by atoms with E-state index in [2.05, 4.69) is 59.6 Å². The Kier molecular flexibility index (Phi) is 3.23. The zero-order valence-electron chi connectivity index (χ0n) is 11.2. The summed E-state index contributed by atoms with van der Waals surface area (Å²) in [5, 5.41) is 0. The van der Waals surface area contributed by atoms with E-state index >= 15 is 0 Å². The number of thioether (sulfide) groups is 4. The molecule has 0 N–H and O–H groups in total. The van der Waals surface area contributed by atoms with Crippen molar-refractivity contribution in [3.05, 3.63) is 0 Å². The van der Waals surface area contributed by atoms with Crippen molar-refractivity contribution in [3.8, 4) is 0 Å². The maximum atomic E-state index is 2.38. The summed E-state index contributed by atoms with van der Waals surface area (Å²) in [6, 6.07) is 0. The zero-order valence-corrected chi connectivity index (χ0v) is 14.5. The highest BCUT2D eigenvalue weighted by Crippen LogP contribution is 2.74. The van der Waals surface area contributed by atoms with E-state index in [9.17, 15) is 0 Å². The van der Waals surface area contributed by atoms with Crippen LogP contribution in [-0.2, 0) is 0 Å². The van der Waals surface area contributed by atoms with Gasteiger partial charge in [-0.2, -0.15) is 0 Å². The normalized spacial score (nSPS) is 52.3. The topological polar surface area (TPSA) is 0 Å². The molecule has 0 atom stereocenters. The second kappa shape index (κ2) is 4.45. The van der Waals surface area contributed by atoms with Crippen molar-refractivity contribution in [2.45, 2.75) is 39.6 Å². The maximum absolute atomic E-state index is 2.38. The zero-order chi connectivity index (χ0) is 12.4. The fourth-order valence-electron chi connectivity index (χ4n) is 5.03. The molecule has 4 bridgehead atoms. The van der Waals surface area contributed by atoms with Crippen LogP contribution >= 0.6 is 47.0 Å². The van der Waals surface area contributed by atoms with Crippen LogP contribution < -0.4 is 0 Å². The first-order chi connectivity index (χ1) is 8.70. The molecular formula is C14H22S4. The lowest BCUT2D eigenvalue weighted by Crippen LogP contribution is -2.53. The van der Waals surface area contributed by atoms with E-state index in [4.69, 9.17) is 0 Å². The van der Waals surface area contributed by atoms with E-state index in [1.54, 1.807) is 32.1 Å². The molecule has 5 rings (SSSR count). The minimum absolute atomic E-state index is 0.458. The summed E-state index contributed by atoms with van der Waals surface area (Å²) >= 11 is 8.95. The van der Waals surface area contributed by atoms with Crippen LogP contribution in [0.15, 0.2) is 0 Å². The molecule has 1 spiro atoms. The molecule has 0 nitrogen and oxygen atoms in total. The molecule has 1 saturated heterocycles. The molecule has 0 radical (unpaired) electrons. The van der Waals surface area contributed by atoms with Crippen LogP contribution in [0.1, 0.15) is 32.1 Å². The molecule has 4 saturated carbocycles. The standard InChI is InChI=1S/C14H22S4/c1-15-13(16-2)8-17-14(18-13)11-4-9-3-10(6-11)7-12(14)5-9/h9-12H,3-8H2,1-2H3. The third-order valence-corrected chi connectivity index (χ3v) is 14.0. The third-order valence-electron chi connectivity index (χ3n) is 5.69. The Morgan fingerprint density at radius 2 is 1.44 bits per heavy atom. The molecule has 0 aromatic carbocycles. The summed E-state index contributed by atoms with van der Waals surface area (Å²) in [6.45, 7) is 0. The van der Waals surface area contributed by atoms with E-state index in [1.165, 1.54) is 5.75 Å². The second-order valence-corrected chi connectivity index (χ2v) is 12.6. The molecule has 0 aromatic rings. The lowest BCUT2D eigenvalue weighted by Gasteiger charge is -2.59. The largest absolute Gasteiger partial charge is 0.140 e. The average Bonchev–Trinajstić information content (AvgIpc) is 2.77. The van der Waals surface area contributed by atoms with E-state index < -0.39 is 0 Å². The van der Waals surface area contributed by atoms with Crippen LogP contribution in [0.3, 0.4) is 0 Å². The Bertz CT molecular complexity index is 322. The Balaban J connectivity index is 1.65. The summed E-state index contributed by atoms with van der Waals surface area (Å²) in [5.41, 5.74) is 0. The van der Waals surface area contributed by atoms with Crippen molar-refractivity contribution in [3.63, 3.8) is 0 Å². The monoisotopic (exact) mass is 318 g/mol. The fraction of sp³-hybridized carbons (Fsp3) is 1.00. The summed E-state index contributed by atoms with van der Waals surface area (Å²) in [6.07, 6.45) is 12.5. The molecule has 5 fully saturated rings. The first-order valence-corrected chi connectivity index (χ1v) is 11.4. The Morgan fingerprint density at radius 3 is 1.89 bits per heavy atom. The van der Waals surface area contributed by atoms with E-state index in [0.717, 1.165) is 23.7 Å². The Hall–Kier alpha value is 1.40. The lowest BCUT2D eigenvalue weighted by atomic mass is 9.56. The summed E-state index contributed by atoms with van der Waals surface area (Å²) in [4.78, 5) is 0. The van der Waals surface area contributed by atoms with Gasteiger partial charge < -0.3 is 0 Å². The maximum Gasteiger partial charge on any atom is 0.116 e. The minimum atomic E-state index is 0.458. The number of rotatable bonds is 2. The summed E-state index contributed by atoms with van der Waals surface area (Å²) < 4.78 is 1.08. The predicted octanol–water partition coefficient (Wildman–Crippen LogP) is 5.00. The Labute approximate surface area is 128 Å². The quantitative estimate of drug-likeness (QED) is 0.657. The van der Waals surface area contributed by atoms with Gasteiger partial charge >= 0.3 is 0 Å². The molecule has 4 aliphatic carbocycles. The van der Waals surface area contributed by atoms with Crippen LogP contribution in [-0.4, -0.2) is 25.8 Å². The third kappa shape index (κ3) is 1.70. The van der Waals surface area contributed by atoms with E-state index in [-0.39, 0.29) is 0 Å². The van der Waals surface area contributed by atoms with E-state index in [0.29, 0.717) is 7.49 Å². The molecule has 0 amide bonds. The molecule has 1 aliphatic heterocycles. The van der Waals surface area contributed by atoms with Gasteiger partial charge in [0, 0.05) is 5.75 Å². The van der Waals surface area contributed by atoms with Crippen LogP contribution in [0.4, 0.5) is 0 Å². The van der Waals surface area contributed by atoms with Crippen LogP contribution in [0.2, 0.25) is 0 Å². The molecule has 0 aromatic heterocycles. The first-order valence-electron chi connectivity index (χ1n) is 7.14. The van der Waals surface area contributed by atoms with Gasteiger partial charge in [-0.3, -0.25) is 0 Å². The molecule has 1 heterocycles. The van der Waals surface area contributed by atoms with Crippen molar-refractivity contribution >= 4 is 47.0 Å². The lowest BCUT2D eigenvalue weighted by molar-refractivity contribution is 0.0159. The minimum Gasteiger partial charge on any atom is -0.140 e. The predicted molar refractivity (Wildman–Crippen MR) is 89.6 cm³/mol. The highest BCUT2D eigenvalue weighted by Gasteiger charge is 2.63. The first kappa shape index (κ1) is 13.1. The molecular weight excluding hydrogens is 296 g/mol. The van der Waals surface area contributed by atoms with Gasteiger partial charge in [0.2, 0.25) is 0 Å². The van der Waals surface area contributed by atoms with Gasteiger partial charge in [-0.25, -0.2) is 0 Å². The number of hydrogen-bond acceptors (Lipinski definition) is 4. The van der Waals surface area contributed by atoms with Crippen LogP contribution in [0, 0.1) is 23.7 Å². The molecule has 4 heteroatoms. The van der Waals surface area contributed by atoms with Crippen molar-refractivity contribution in [1.29, 1.82) is 0 Å². The van der Waals surface area contributed by atoms with Crippen molar-refractivity contribution < 1.29 is 0 Å². The van der Waals surface area contributed by atoms with E-state index in [1.807, 2.05) is 0 Å². The highest BCUT2D eigenvalue weighted by atomic mass is 32.3. The fourth-order valence-corrected chi connectivity index (χ4v) is 12.5. The highest BCUT2D eigenvalue weighted by molar-refractivity contribution is 8.40. The molecule has 0 unspecified atom stereocenters. The smallest absolute Gasteiger partial charge is 0.116 e.